The number of ether oxygens (including phenoxy) is 1. The maximum atomic E-state index is 12.7. The summed E-state index contributed by atoms with van der Waals surface area (Å²) < 4.78 is 7.03. The van der Waals surface area contributed by atoms with E-state index >= 15 is 0 Å². The zero-order valence-corrected chi connectivity index (χ0v) is 16.0. The molecule has 28 heavy (non-hydrogen) atoms. The minimum atomic E-state index is -0.0916. The monoisotopic (exact) mass is 379 g/mol. The maximum absolute atomic E-state index is 12.7. The lowest BCUT2D eigenvalue weighted by Gasteiger charge is -2.35. The highest BCUT2D eigenvalue weighted by molar-refractivity contribution is 5.94. The van der Waals surface area contributed by atoms with Gasteiger partial charge < -0.3 is 10.1 Å². The van der Waals surface area contributed by atoms with Gasteiger partial charge >= 0.3 is 0 Å². The van der Waals surface area contributed by atoms with Crippen molar-refractivity contribution in [3.8, 4) is 5.75 Å². The quantitative estimate of drug-likeness (QED) is 0.713. The number of fused-ring (bicyclic) bond motifs is 1. The van der Waals surface area contributed by atoms with Crippen LogP contribution in [0.1, 0.15) is 41.2 Å². The minimum absolute atomic E-state index is 0.0916. The number of piperidine rings is 1. The lowest BCUT2D eigenvalue weighted by atomic mass is 10.0. The zero-order valence-electron chi connectivity index (χ0n) is 16.0. The Kier molecular flexibility index (Phi) is 5.53. The van der Waals surface area contributed by atoms with Crippen molar-refractivity contribution in [1.29, 1.82) is 0 Å². The second-order valence-electron chi connectivity index (χ2n) is 7.11. The number of benzene rings is 1. The molecule has 2 aromatic heterocycles. The number of aromatic nitrogens is 3. The Balaban J connectivity index is 1.50. The maximum Gasteiger partial charge on any atom is 0.252 e. The van der Waals surface area contributed by atoms with Gasteiger partial charge in [0.15, 0.2) is 5.65 Å². The van der Waals surface area contributed by atoms with Crippen LogP contribution < -0.4 is 10.1 Å². The Morgan fingerprint density at radius 2 is 1.93 bits per heavy atom. The third-order valence-corrected chi connectivity index (χ3v) is 5.34. The van der Waals surface area contributed by atoms with Crippen molar-refractivity contribution in [3.05, 3.63) is 60.0 Å². The SMILES string of the molecule is COc1ccc(C(CNC(=O)c2ccc3nncn3c2)N2CCCCC2)cc1. The molecule has 7 heteroatoms. The third-order valence-electron chi connectivity index (χ3n) is 5.34. The lowest BCUT2D eigenvalue weighted by molar-refractivity contribution is 0.0924. The van der Waals surface area contributed by atoms with E-state index in [1.165, 1.54) is 24.8 Å². The fourth-order valence-corrected chi connectivity index (χ4v) is 3.77. The van der Waals surface area contributed by atoms with Crippen LogP contribution in [0.25, 0.3) is 5.65 Å². The molecule has 1 amide bonds. The minimum Gasteiger partial charge on any atom is -0.497 e. The number of pyridine rings is 1. The zero-order chi connectivity index (χ0) is 19.3. The number of hydrogen-bond donors (Lipinski definition) is 1. The highest BCUT2D eigenvalue weighted by Gasteiger charge is 2.23. The molecule has 1 saturated heterocycles. The van der Waals surface area contributed by atoms with Crippen LogP contribution in [0.15, 0.2) is 48.9 Å². The smallest absolute Gasteiger partial charge is 0.252 e. The van der Waals surface area contributed by atoms with Gasteiger partial charge in [-0.05, 0) is 55.8 Å². The van der Waals surface area contributed by atoms with Crippen LogP contribution in [0, 0.1) is 0 Å². The molecule has 0 saturated carbocycles. The number of carbonyl (C=O) groups excluding carboxylic acids is 1. The van der Waals surface area contributed by atoms with Gasteiger partial charge in [-0.3, -0.25) is 14.1 Å². The standard InChI is InChI=1S/C21H25N5O2/c1-28-18-8-5-16(6-9-18)19(25-11-3-2-4-12-25)13-22-21(27)17-7-10-20-24-23-15-26(20)14-17/h5-10,14-15,19H,2-4,11-13H2,1H3,(H,22,27). The predicted molar refractivity (Wildman–Crippen MR) is 106 cm³/mol. The van der Waals surface area contributed by atoms with Gasteiger partial charge in [-0.2, -0.15) is 0 Å². The van der Waals surface area contributed by atoms with Gasteiger partial charge in [0.2, 0.25) is 0 Å². The van der Waals surface area contributed by atoms with Crippen LogP contribution in [-0.2, 0) is 0 Å². The molecule has 1 atom stereocenters. The number of nitrogens with zero attached hydrogens (tertiary/aromatic N) is 4. The molecular formula is C21H25N5O2. The van der Waals surface area contributed by atoms with E-state index in [4.69, 9.17) is 4.74 Å². The molecule has 146 valence electrons. The molecule has 1 unspecified atom stereocenters. The van der Waals surface area contributed by atoms with Crippen LogP contribution in [-0.4, -0.2) is 52.1 Å². The van der Waals surface area contributed by atoms with Crippen molar-refractivity contribution in [1.82, 2.24) is 24.8 Å². The van der Waals surface area contributed by atoms with E-state index in [1.54, 1.807) is 36.2 Å². The summed E-state index contributed by atoms with van der Waals surface area (Å²) in [4.78, 5) is 15.2. The Hall–Kier alpha value is -2.93. The number of likely N-dealkylation sites (tertiary alicyclic amines) is 1. The van der Waals surface area contributed by atoms with Crippen molar-refractivity contribution in [2.24, 2.45) is 0 Å². The summed E-state index contributed by atoms with van der Waals surface area (Å²) in [6.45, 7) is 2.67. The van der Waals surface area contributed by atoms with Crippen LogP contribution in [0.3, 0.4) is 0 Å². The first-order valence-electron chi connectivity index (χ1n) is 9.70. The van der Waals surface area contributed by atoms with E-state index in [2.05, 4.69) is 32.5 Å². The molecule has 1 fully saturated rings. The van der Waals surface area contributed by atoms with Gasteiger partial charge in [0.25, 0.3) is 5.91 Å². The van der Waals surface area contributed by atoms with Crippen molar-refractivity contribution in [3.63, 3.8) is 0 Å². The van der Waals surface area contributed by atoms with E-state index in [9.17, 15) is 4.79 Å². The summed E-state index contributed by atoms with van der Waals surface area (Å²) in [6.07, 6.45) is 7.03. The van der Waals surface area contributed by atoms with E-state index in [-0.39, 0.29) is 11.9 Å². The van der Waals surface area contributed by atoms with Crippen molar-refractivity contribution in [2.75, 3.05) is 26.7 Å². The van der Waals surface area contributed by atoms with Crippen LogP contribution in [0.2, 0.25) is 0 Å². The molecule has 0 aliphatic carbocycles. The number of amides is 1. The number of rotatable bonds is 6. The summed E-state index contributed by atoms with van der Waals surface area (Å²) in [5.41, 5.74) is 2.51. The molecule has 3 aromatic rings. The molecular weight excluding hydrogens is 354 g/mol. The van der Waals surface area contributed by atoms with Crippen LogP contribution in [0.5, 0.6) is 5.75 Å². The van der Waals surface area contributed by atoms with E-state index < -0.39 is 0 Å². The van der Waals surface area contributed by atoms with Crippen molar-refractivity contribution < 1.29 is 9.53 Å². The van der Waals surface area contributed by atoms with Gasteiger partial charge in [0.05, 0.1) is 18.7 Å². The van der Waals surface area contributed by atoms with Crippen molar-refractivity contribution >= 4 is 11.6 Å². The average Bonchev–Trinajstić information content (AvgIpc) is 3.23. The molecule has 1 aromatic carbocycles. The first-order chi connectivity index (χ1) is 13.7. The third kappa shape index (κ3) is 3.99. The molecule has 0 spiro atoms. The van der Waals surface area contributed by atoms with Gasteiger partial charge in [0.1, 0.15) is 12.1 Å². The van der Waals surface area contributed by atoms with E-state index in [0.717, 1.165) is 24.5 Å². The molecule has 4 rings (SSSR count). The first-order valence-corrected chi connectivity index (χ1v) is 9.70. The average molecular weight is 379 g/mol. The fraction of sp³-hybridized carbons (Fsp3) is 0.381. The molecule has 1 N–H and O–H groups in total. The Morgan fingerprint density at radius 3 is 2.68 bits per heavy atom. The van der Waals surface area contributed by atoms with Crippen LogP contribution in [0.4, 0.5) is 0 Å². The van der Waals surface area contributed by atoms with Gasteiger partial charge in [-0.15, -0.1) is 10.2 Å². The Bertz CT molecular complexity index is 931. The summed E-state index contributed by atoms with van der Waals surface area (Å²) >= 11 is 0. The van der Waals surface area contributed by atoms with E-state index in [0.29, 0.717) is 12.1 Å². The Labute approximate surface area is 164 Å². The molecule has 1 aliphatic heterocycles. The van der Waals surface area contributed by atoms with Gasteiger partial charge in [-0.1, -0.05) is 18.6 Å². The molecule has 3 heterocycles. The molecule has 0 radical (unpaired) electrons. The highest BCUT2D eigenvalue weighted by atomic mass is 16.5. The predicted octanol–water partition coefficient (Wildman–Crippen LogP) is 2.69. The number of carbonyl (C=O) groups is 1. The topological polar surface area (TPSA) is 71.8 Å². The largest absolute Gasteiger partial charge is 0.497 e. The number of hydrogen-bond acceptors (Lipinski definition) is 5. The molecule has 7 nitrogen and oxygen atoms in total. The Morgan fingerprint density at radius 1 is 1.14 bits per heavy atom. The molecule has 0 bridgehead atoms. The number of methoxy groups -OCH3 is 1. The van der Waals surface area contributed by atoms with Gasteiger partial charge in [-0.25, -0.2) is 0 Å². The summed E-state index contributed by atoms with van der Waals surface area (Å²) in [7, 11) is 1.67. The normalized spacial score (nSPS) is 16.0. The lowest BCUT2D eigenvalue weighted by Crippen LogP contribution is -2.40. The number of nitrogens with one attached hydrogen (secondary N) is 1. The van der Waals surface area contributed by atoms with Gasteiger partial charge in [0, 0.05) is 12.7 Å². The summed E-state index contributed by atoms with van der Waals surface area (Å²) in [5, 5.41) is 10.9. The fourth-order valence-electron chi connectivity index (χ4n) is 3.77. The van der Waals surface area contributed by atoms with Crippen LogP contribution >= 0.6 is 0 Å². The highest BCUT2D eigenvalue weighted by Crippen LogP contribution is 2.26. The molecule has 1 aliphatic rings. The summed E-state index contributed by atoms with van der Waals surface area (Å²) in [5.74, 6) is 0.749. The second kappa shape index (κ2) is 8.39. The first kappa shape index (κ1) is 18.4. The van der Waals surface area contributed by atoms with E-state index in [1.807, 2.05) is 12.1 Å². The summed E-state index contributed by atoms with van der Waals surface area (Å²) in [6, 6.07) is 11.9. The van der Waals surface area contributed by atoms with Crippen molar-refractivity contribution in [2.45, 2.75) is 25.3 Å². The second-order valence-corrected chi connectivity index (χ2v) is 7.11.